The first-order valence-electron chi connectivity index (χ1n) is 15.2. The molecule has 1 aromatic rings. The average Bonchev–Trinajstić information content (AvgIpc) is 3.38. The van der Waals surface area contributed by atoms with E-state index in [2.05, 4.69) is 18.8 Å². The molecule has 1 saturated heterocycles. The summed E-state index contributed by atoms with van der Waals surface area (Å²) in [6, 6.07) is 0.874. The maximum absolute atomic E-state index is 14.4. The number of thiophene rings is 1. The van der Waals surface area contributed by atoms with Crippen molar-refractivity contribution in [3.05, 3.63) is 15.8 Å². The minimum absolute atomic E-state index is 0.116. The zero-order chi connectivity index (χ0) is 31.7. The van der Waals surface area contributed by atoms with E-state index < -0.39 is 31.1 Å². The van der Waals surface area contributed by atoms with E-state index in [9.17, 15) is 19.2 Å². The molecule has 0 N–H and O–H groups in total. The number of anilines is 1. The number of rotatable bonds is 9. The Morgan fingerprint density at radius 2 is 1.74 bits per heavy atom. The van der Waals surface area contributed by atoms with Crippen LogP contribution in [-0.2, 0) is 28.5 Å². The van der Waals surface area contributed by atoms with Crippen LogP contribution in [0.3, 0.4) is 0 Å². The van der Waals surface area contributed by atoms with E-state index in [1.54, 1.807) is 24.8 Å². The van der Waals surface area contributed by atoms with Crippen LogP contribution in [0.4, 0.5) is 10.5 Å². The summed E-state index contributed by atoms with van der Waals surface area (Å²) in [5.74, 6) is 5.41. The zero-order valence-corrected chi connectivity index (χ0v) is 27.3. The van der Waals surface area contributed by atoms with Crippen LogP contribution in [-0.4, -0.2) is 74.1 Å². The Morgan fingerprint density at radius 3 is 2.33 bits per heavy atom. The normalized spacial score (nSPS) is 19.6. The van der Waals surface area contributed by atoms with Crippen LogP contribution in [0.2, 0.25) is 0 Å². The second-order valence-electron chi connectivity index (χ2n) is 12.5. The highest BCUT2D eigenvalue weighted by Gasteiger charge is 2.40. The minimum Gasteiger partial charge on any atom is -0.431 e. The summed E-state index contributed by atoms with van der Waals surface area (Å²) in [6.45, 7) is 14.4. The molecule has 2 amide bonds. The summed E-state index contributed by atoms with van der Waals surface area (Å²) in [4.78, 5) is 57.5. The number of carbonyl (C=O) groups is 4. The minimum atomic E-state index is -0.962. The van der Waals surface area contributed by atoms with E-state index in [0.29, 0.717) is 56.4 Å². The van der Waals surface area contributed by atoms with Crippen molar-refractivity contribution in [1.82, 2.24) is 4.90 Å². The van der Waals surface area contributed by atoms with Crippen LogP contribution >= 0.6 is 11.3 Å². The average molecular weight is 619 g/mol. The fraction of sp³-hybridized carbons (Fsp3) is 0.688. The van der Waals surface area contributed by atoms with E-state index in [-0.39, 0.29) is 33.7 Å². The number of esters is 1. The molecule has 10 nitrogen and oxygen atoms in total. The van der Waals surface area contributed by atoms with E-state index in [1.165, 1.54) is 4.90 Å². The lowest BCUT2D eigenvalue weighted by atomic mass is 9.82. The number of morpholine rings is 1. The summed E-state index contributed by atoms with van der Waals surface area (Å²) in [5, 5.41) is 0. The highest BCUT2D eigenvalue weighted by Crippen LogP contribution is 2.37. The van der Waals surface area contributed by atoms with Gasteiger partial charge >= 0.3 is 12.1 Å². The van der Waals surface area contributed by atoms with Gasteiger partial charge in [0.05, 0.1) is 29.9 Å². The topological polar surface area (TPSA) is 112 Å². The maximum Gasteiger partial charge on any atom is 0.511 e. The van der Waals surface area contributed by atoms with E-state index in [0.717, 1.165) is 24.2 Å². The molecule has 2 fully saturated rings. The molecule has 238 valence electrons. The first-order valence-corrected chi connectivity index (χ1v) is 16.0. The van der Waals surface area contributed by atoms with Crippen LogP contribution in [0.25, 0.3) is 0 Å². The Kier molecular flexibility index (Phi) is 12.5. The molecule has 1 atom stereocenters. The van der Waals surface area contributed by atoms with Crippen LogP contribution in [0.15, 0.2) is 6.07 Å². The van der Waals surface area contributed by atoms with Gasteiger partial charge in [0.2, 0.25) is 18.6 Å². The number of amides is 2. The van der Waals surface area contributed by atoms with E-state index in [1.807, 2.05) is 27.7 Å². The Labute approximate surface area is 259 Å². The molecule has 0 aromatic carbocycles. The lowest BCUT2D eigenvalue weighted by Crippen LogP contribution is -2.55. The molecule has 2 heterocycles. The quantitative estimate of drug-likeness (QED) is 0.199. The molecular weight excluding hydrogens is 572 g/mol. The SMILES string of the molecule is CC[C@@H](C(=O)N1CCOCC1)N(c1cc(C#CC(C)(C)C)sc1C(=O)OCOC(=O)OC(C)C)C(=O)[C@H]1CC[C@H](C)CC1. The number of ether oxygens (including phenoxy) is 4. The number of nitrogens with zero attached hydrogens (tertiary/aromatic N) is 2. The second kappa shape index (κ2) is 15.6. The van der Waals surface area contributed by atoms with Gasteiger partial charge in [-0.1, -0.05) is 25.7 Å². The fourth-order valence-corrected chi connectivity index (χ4v) is 5.94. The maximum atomic E-state index is 14.4. The van der Waals surface area contributed by atoms with Gasteiger partial charge in [-0.05, 0) is 78.7 Å². The predicted octanol–water partition coefficient (Wildman–Crippen LogP) is 5.62. The number of carbonyl (C=O) groups excluding carboxylic acids is 4. The van der Waals surface area contributed by atoms with Gasteiger partial charge in [0, 0.05) is 24.4 Å². The molecule has 11 heteroatoms. The van der Waals surface area contributed by atoms with Gasteiger partial charge in [-0.3, -0.25) is 14.5 Å². The lowest BCUT2D eigenvalue weighted by Gasteiger charge is -2.38. The van der Waals surface area contributed by atoms with E-state index >= 15 is 0 Å². The zero-order valence-electron chi connectivity index (χ0n) is 26.5. The third kappa shape index (κ3) is 9.97. The van der Waals surface area contributed by atoms with Gasteiger partial charge in [-0.15, -0.1) is 11.3 Å². The van der Waals surface area contributed by atoms with Crippen molar-refractivity contribution in [1.29, 1.82) is 0 Å². The molecular formula is C32H46N2O8S. The molecule has 0 spiro atoms. The van der Waals surface area contributed by atoms with Crippen molar-refractivity contribution in [2.24, 2.45) is 17.3 Å². The standard InChI is InChI=1S/C32H46N2O8S/c1-8-25(29(36)33-15-17-39-18-16-33)34(28(35)23-11-9-22(4)10-12-23)26-19-24(13-14-32(5,6)7)43-27(26)30(37)40-20-41-31(38)42-21(2)3/h19,21-23,25H,8-12,15-18,20H2,1-7H3/t22-,23-,25-/m0/s1. The highest BCUT2D eigenvalue weighted by molar-refractivity contribution is 7.15. The Balaban J connectivity index is 2.04. The highest BCUT2D eigenvalue weighted by atomic mass is 32.1. The monoisotopic (exact) mass is 618 g/mol. The van der Waals surface area contributed by atoms with Gasteiger partial charge in [0.25, 0.3) is 0 Å². The van der Waals surface area contributed by atoms with Crippen molar-refractivity contribution in [2.45, 2.75) is 92.7 Å². The molecule has 1 aromatic heterocycles. The van der Waals surface area contributed by atoms with Gasteiger partial charge in [0.1, 0.15) is 10.9 Å². The second-order valence-corrected chi connectivity index (χ2v) is 13.5. The fourth-order valence-electron chi connectivity index (χ4n) is 5.05. The summed E-state index contributed by atoms with van der Waals surface area (Å²) in [6.07, 6.45) is 2.26. The molecule has 43 heavy (non-hydrogen) atoms. The smallest absolute Gasteiger partial charge is 0.431 e. The number of hydrogen-bond donors (Lipinski definition) is 0. The van der Waals surface area contributed by atoms with Gasteiger partial charge in [-0.2, -0.15) is 0 Å². The molecule has 0 unspecified atom stereocenters. The molecule has 1 aliphatic heterocycles. The molecule has 2 aliphatic rings. The van der Waals surface area contributed by atoms with Gasteiger partial charge in [-0.25, -0.2) is 9.59 Å². The molecule has 1 saturated carbocycles. The molecule has 0 bridgehead atoms. The van der Waals surface area contributed by atoms with Gasteiger partial charge < -0.3 is 23.8 Å². The predicted molar refractivity (Wildman–Crippen MR) is 164 cm³/mol. The van der Waals surface area contributed by atoms with Gasteiger partial charge in [0.15, 0.2) is 0 Å². The summed E-state index contributed by atoms with van der Waals surface area (Å²) >= 11 is 1.09. The third-order valence-corrected chi connectivity index (χ3v) is 8.35. The largest absolute Gasteiger partial charge is 0.511 e. The summed E-state index contributed by atoms with van der Waals surface area (Å²) in [7, 11) is 0. The van der Waals surface area contributed by atoms with Crippen LogP contribution < -0.4 is 4.90 Å². The van der Waals surface area contributed by atoms with Crippen molar-refractivity contribution in [3.63, 3.8) is 0 Å². The first-order chi connectivity index (χ1) is 20.3. The van der Waals surface area contributed by atoms with Crippen molar-refractivity contribution >= 4 is 41.0 Å². The number of hydrogen-bond acceptors (Lipinski definition) is 9. The molecule has 1 aliphatic carbocycles. The van der Waals surface area contributed by atoms with E-state index in [4.69, 9.17) is 18.9 Å². The molecule has 3 rings (SSSR count). The van der Waals surface area contributed by atoms with Crippen molar-refractivity contribution < 1.29 is 38.1 Å². The Bertz CT molecular complexity index is 1190. The third-order valence-electron chi connectivity index (χ3n) is 7.33. The summed E-state index contributed by atoms with van der Waals surface area (Å²) < 4.78 is 20.6. The van der Waals surface area contributed by atoms with Crippen LogP contribution in [0.1, 0.15) is 95.1 Å². The van der Waals surface area contributed by atoms with Crippen LogP contribution in [0.5, 0.6) is 0 Å². The summed E-state index contributed by atoms with van der Waals surface area (Å²) in [5.41, 5.74) is -0.0165. The first kappa shape index (κ1) is 34.4. The van der Waals surface area contributed by atoms with Crippen molar-refractivity contribution in [3.8, 4) is 11.8 Å². The Morgan fingerprint density at radius 1 is 1.09 bits per heavy atom. The Hall–Kier alpha value is -3.10. The van der Waals surface area contributed by atoms with Crippen LogP contribution in [0, 0.1) is 29.1 Å². The van der Waals surface area contributed by atoms with Crippen molar-refractivity contribution in [2.75, 3.05) is 38.0 Å². The lowest BCUT2D eigenvalue weighted by molar-refractivity contribution is -0.139. The molecule has 0 radical (unpaired) electrons.